The van der Waals surface area contributed by atoms with Crippen molar-refractivity contribution in [1.82, 2.24) is 25.6 Å². The predicted octanol–water partition coefficient (Wildman–Crippen LogP) is 5.14. The topological polar surface area (TPSA) is 104 Å². The van der Waals surface area contributed by atoms with Crippen molar-refractivity contribution in [3.8, 4) is 0 Å². The summed E-state index contributed by atoms with van der Waals surface area (Å²) in [5, 5.41) is 14.0. The van der Waals surface area contributed by atoms with Gasteiger partial charge in [0.05, 0.1) is 5.69 Å². The van der Waals surface area contributed by atoms with Crippen molar-refractivity contribution < 1.29 is 18.0 Å². The summed E-state index contributed by atoms with van der Waals surface area (Å²) >= 11 is 1.32. The number of aromatic nitrogens is 3. The Morgan fingerprint density at radius 2 is 1.95 bits per heavy atom. The molecule has 1 aliphatic carbocycles. The van der Waals surface area contributed by atoms with Crippen LogP contribution in [0.3, 0.4) is 0 Å². The van der Waals surface area contributed by atoms with Gasteiger partial charge in [-0.1, -0.05) is 26.8 Å². The largest absolute Gasteiger partial charge is 0.405 e. The van der Waals surface area contributed by atoms with Gasteiger partial charge >= 0.3 is 6.18 Å². The minimum atomic E-state index is -4.54. The molecule has 0 atom stereocenters. The van der Waals surface area contributed by atoms with Crippen molar-refractivity contribution >= 4 is 39.8 Å². The fraction of sp³-hybridized carbons (Fsp3) is 0.440. The van der Waals surface area contributed by atoms with E-state index in [0.717, 1.165) is 37.2 Å². The van der Waals surface area contributed by atoms with Crippen LogP contribution in [0.1, 0.15) is 60.8 Å². The Kier molecular flexibility index (Phi) is 6.35. The van der Waals surface area contributed by atoms with Gasteiger partial charge in [-0.05, 0) is 42.5 Å². The van der Waals surface area contributed by atoms with E-state index < -0.39 is 18.6 Å². The molecule has 37 heavy (non-hydrogen) atoms. The zero-order chi connectivity index (χ0) is 26.4. The standard InChI is InChI=1S/C25H28F3N7OS/c1-23(2,3)18-12-37-22(33-18)35-19-16(20(36)30-13-25(26,27)28)11-29-21(34-19)32-15-4-5-17-14(10-15)6-9-31-24(17)7-8-24/h4-5,10-12,31H,6-9,13H2,1-3H3,(H,30,36)(H2,29,32,33,34,35). The second-order valence-corrected chi connectivity index (χ2v) is 11.3. The first-order valence-corrected chi connectivity index (χ1v) is 12.9. The van der Waals surface area contributed by atoms with Gasteiger partial charge in [-0.15, -0.1) is 11.3 Å². The number of rotatable bonds is 6. The third-order valence-corrected chi connectivity index (χ3v) is 7.22. The number of benzene rings is 1. The predicted molar refractivity (Wildman–Crippen MR) is 137 cm³/mol. The number of thiazole rings is 1. The summed E-state index contributed by atoms with van der Waals surface area (Å²) in [5.41, 5.74) is 4.03. The molecule has 3 heterocycles. The molecule has 2 aromatic heterocycles. The van der Waals surface area contributed by atoms with Gasteiger partial charge in [-0.3, -0.25) is 4.79 Å². The van der Waals surface area contributed by atoms with Crippen LogP contribution in [-0.4, -0.2) is 40.1 Å². The summed E-state index contributed by atoms with van der Waals surface area (Å²) in [6.07, 6.45) is -0.141. The van der Waals surface area contributed by atoms with E-state index in [2.05, 4.69) is 43.0 Å². The minimum Gasteiger partial charge on any atom is -0.343 e. The number of halogens is 3. The van der Waals surface area contributed by atoms with E-state index >= 15 is 0 Å². The first-order valence-electron chi connectivity index (χ1n) is 12.0. The lowest BCUT2D eigenvalue weighted by Crippen LogP contribution is -2.36. The minimum absolute atomic E-state index is 0.0612. The summed E-state index contributed by atoms with van der Waals surface area (Å²) in [5.74, 6) is -0.668. The Hall–Kier alpha value is -3.25. The Morgan fingerprint density at radius 3 is 2.62 bits per heavy atom. The third-order valence-electron chi connectivity index (χ3n) is 6.47. The summed E-state index contributed by atoms with van der Waals surface area (Å²) in [6.45, 7) is 5.53. The highest BCUT2D eigenvalue weighted by Gasteiger charge is 2.46. The van der Waals surface area contributed by atoms with E-state index in [1.54, 1.807) is 0 Å². The molecule has 12 heteroatoms. The fourth-order valence-corrected chi connectivity index (χ4v) is 5.27. The van der Waals surface area contributed by atoms with Crippen LogP contribution in [0.25, 0.3) is 0 Å². The maximum Gasteiger partial charge on any atom is 0.405 e. The molecule has 4 N–H and O–H groups in total. The lowest BCUT2D eigenvalue weighted by atomic mass is 9.92. The highest BCUT2D eigenvalue weighted by Crippen LogP contribution is 2.49. The van der Waals surface area contributed by atoms with Crippen LogP contribution in [0, 0.1) is 0 Å². The average Bonchev–Trinajstić information content (AvgIpc) is 3.41. The lowest BCUT2D eigenvalue weighted by molar-refractivity contribution is -0.123. The highest BCUT2D eigenvalue weighted by atomic mass is 32.1. The van der Waals surface area contributed by atoms with Gasteiger partial charge in [-0.2, -0.15) is 18.2 Å². The van der Waals surface area contributed by atoms with Crippen LogP contribution < -0.4 is 21.3 Å². The summed E-state index contributed by atoms with van der Waals surface area (Å²) in [6, 6.07) is 6.15. The second kappa shape index (κ2) is 9.25. The van der Waals surface area contributed by atoms with Crippen LogP contribution in [0.2, 0.25) is 0 Å². The molecule has 1 aliphatic heterocycles. The molecule has 5 rings (SSSR count). The van der Waals surface area contributed by atoms with E-state index in [0.29, 0.717) is 5.13 Å². The van der Waals surface area contributed by atoms with Crippen molar-refractivity contribution in [3.63, 3.8) is 0 Å². The van der Waals surface area contributed by atoms with E-state index in [9.17, 15) is 18.0 Å². The van der Waals surface area contributed by atoms with Gasteiger partial charge < -0.3 is 21.3 Å². The van der Waals surface area contributed by atoms with Crippen molar-refractivity contribution in [2.75, 3.05) is 23.7 Å². The molecule has 1 fully saturated rings. The van der Waals surface area contributed by atoms with Crippen molar-refractivity contribution in [1.29, 1.82) is 0 Å². The Bertz CT molecular complexity index is 1330. The Labute approximate surface area is 216 Å². The molecule has 1 saturated carbocycles. The summed E-state index contributed by atoms with van der Waals surface area (Å²) in [7, 11) is 0. The van der Waals surface area contributed by atoms with Gasteiger partial charge in [0, 0.05) is 34.8 Å². The molecule has 0 saturated heterocycles. The quantitative estimate of drug-likeness (QED) is 0.349. The van der Waals surface area contributed by atoms with Crippen LogP contribution in [-0.2, 0) is 17.4 Å². The lowest BCUT2D eigenvalue weighted by Gasteiger charge is -2.27. The van der Waals surface area contributed by atoms with Crippen LogP contribution in [0.15, 0.2) is 29.8 Å². The molecule has 0 bridgehead atoms. The number of anilines is 4. The molecular weight excluding hydrogens is 503 g/mol. The molecule has 196 valence electrons. The molecular formula is C25H28F3N7OS. The third kappa shape index (κ3) is 5.69. The van der Waals surface area contributed by atoms with Gasteiger partial charge in [0.25, 0.3) is 5.91 Å². The summed E-state index contributed by atoms with van der Waals surface area (Å²) in [4.78, 5) is 25.8. The molecule has 2 aliphatic rings. The molecule has 3 aromatic rings. The summed E-state index contributed by atoms with van der Waals surface area (Å²) < 4.78 is 38.1. The van der Waals surface area contributed by atoms with Gasteiger partial charge in [0.1, 0.15) is 12.1 Å². The zero-order valence-electron chi connectivity index (χ0n) is 20.7. The monoisotopic (exact) mass is 531 g/mol. The number of carbonyl (C=O) groups is 1. The first kappa shape index (κ1) is 25.4. The van der Waals surface area contributed by atoms with Crippen LogP contribution in [0.5, 0.6) is 0 Å². The van der Waals surface area contributed by atoms with Crippen molar-refractivity contribution in [2.24, 2.45) is 0 Å². The smallest absolute Gasteiger partial charge is 0.343 e. The van der Waals surface area contributed by atoms with E-state index in [-0.39, 0.29) is 28.3 Å². The number of amides is 1. The SMILES string of the molecule is CC(C)(C)c1csc(Nc2nc(Nc3ccc4c(c3)CCNC43CC3)ncc2C(=O)NCC(F)(F)F)n1. The van der Waals surface area contributed by atoms with Gasteiger partial charge in [-0.25, -0.2) is 9.97 Å². The normalized spacial score (nSPS) is 16.3. The zero-order valence-corrected chi connectivity index (χ0v) is 21.5. The molecule has 1 spiro atoms. The molecule has 0 radical (unpaired) electrons. The van der Waals surface area contributed by atoms with E-state index in [1.807, 2.05) is 37.5 Å². The Morgan fingerprint density at radius 1 is 1.16 bits per heavy atom. The van der Waals surface area contributed by atoms with Gasteiger partial charge in [0.2, 0.25) is 5.95 Å². The fourth-order valence-electron chi connectivity index (χ4n) is 4.33. The van der Waals surface area contributed by atoms with Gasteiger partial charge in [0.15, 0.2) is 10.9 Å². The number of hydrogen-bond donors (Lipinski definition) is 4. The molecule has 1 aromatic carbocycles. The number of alkyl halides is 3. The highest BCUT2D eigenvalue weighted by molar-refractivity contribution is 7.13. The van der Waals surface area contributed by atoms with E-state index in [1.165, 1.54) is 28.7 Å². The number of nitrogens with zero attached hydrogens (tertiary/aromatic N) is 3. The van der Waals surface area contributed by atoms with E-state index in [4.69, 9.17) is 0 Å². The van der Waals surface area contributed by atoms with Crippen molar-refractivity contribution in [2.45, 2.75) is 57.2 Å². The Balaban J connectivity index is 1.41. The van der Waals surface area contributed by atoms with Crippen LogP contribution in [0.4, 0.5) is 35.8 Å². The number of nitrogens with one attached hydrogen (secondary N) is 4. The molecule has 8 nitrogen and oxygen atoms in total. The second-order valence-electron chi connectivity index (χ2n) is 10.4. The van der Waals surface area contributed by atoms with Crippen molar-refractivity contribution in [3.05, 3.63) is 52.2 Å². The number of carbonyl (C=O) groups excluding carboxylic acids is 1. The number of fused-ring (bicyclic) bond motifs is 2. The maximum absolute atomic E-state index is 12.7. The average molecular weight is 532 g/mol. The van der Waals surface area contributed by atoms with Crippen LogP contribution >= 0.6 is 11.3 Å². The molecule has 1 amide bonds. The molecule has 0 unspecified atom stereocenters. The maximum atomic E-state index is 12.7. The first-order chi connectivity index (χ1) is 17.4. The number of hydrogen-bond acceptors (Lipinski definition) is 8.